The highest BCUT2D eigenvalue weighted by Crippen LogP contribution is 2.36. The molecule has 0 bridgehead atoms. The maximum atomic E-state index is 14.1. The van der Waals surface area contributed by atoms with Crippen LogP contribution >= 0.6 is 0 Å². The summed E-state index contributed by atoms with van der Waals surface area (Å²) in [7, 11) is -8.07. The van der Waals surface area contributed by atoms with Crippen LogP contribution in [0.5, 0.6) is 11.5 Å². The van der Waals surface area contributed by atoms with E-state index in [2.05, 4.69) is 0 Å². The zero-order valence-corrected chi connectivity index (χ0v) is 34.1. The van der Waals surface area contributed by atoms with Gasteiger partial charge in [-0.2, -0.15) is 16.8 Å². The molecule has 0 unspecified atom stereocenters. The molecule has 0 spiro atoms. The molecule has 18 heteroatoms. The van der Waals surface area contributed by atoms with Crippen molar-refractivity contribution in [2.24, 2.45) is 0 Å². The first-order valence-corrected chi connectivity index (χ1v) is 21.7. The first-order valence-electron chi connectivity index (χ1n) is 18.8. The molecule has 8 rings (SSSR count). The van der Waals surface area contributed by atoms with Gasteiger partial charge in [0.1, 0.15) is 61.1 Å². The Kier molecular flexibility index (Phi) is 12.8. The van der Waals surface area contributed by atoms with Crippen molar-refractivity contribution in [3.05, 3.63) is 190 Å². The second kappa shape index (κ2) is 18.4. The van der Waals surface area contributed by atoms with Crippen LogP contribution in [0.4, 0.5) is 28.9 Å². The normalized spacial score (nSPS) is 15.0. The van der Waals surface area contributed by atoms with E-state index in [1.807, 2.05) is 70.1 Å². The van der Waals surface area contributed by atoms with Crippen molar-refractivity contribution in [3.8, 4) is 11.5 Å². The van der Waals surface area contributed by atoms with Crippen LogP contribution in [-0.2, 0) is 56.1 Å². The van der Waals surface area contributed by atoms with Gasteiger partial charge < -0.3 is 9.47 Å². The molecule has 0 saturated carbocycles. The number of halogens is 4. The number of amides is 2. The number of hydrogen-bond donors (Lipinski definition) is 2. The van der Waals surface area contributed by atoms with Gasteiger partial charge in [-0.3, -0.25) is 9.59 Å². The summed E-state index contributed by atoms with van der Waals surface area (Å²) in [5.41, 5.74) is 3.57. The smallest absolute Gasteiger partial charge is 0.326 e. The molecule has 2 amide bonds. The van der Waals surface area contributed by atoms with E-state index in [-0.39, 0.29) is 73.1 Å². The lowest BCUT2D eigenvalue weighted by Gasteiger charge is -2.20. The average Bonchev–Trinajstić information content (AvgIpc) is 3.69. The van der Waals surface area contributed by atoms with Crippen LogP contribution in [-0.4, -0.2) is 41.7 Å². The zero-order chi connectivity index (χ0) is 44.0. The summed E-state index contributed by atoms with van der Waals surface area (Å²) in [6, 6.07) is 34.2. The van der Waals surface area contributed by atoms with Gasteiger partial charge in [0.25, 0.3) is 11.8 Å². The number of carbonyl (C=O) groups excluding carboxylic acids is 2. The molecule has 2 aliphatic heterocycles. The number of anilines is 2. The number of nitrogens with zero attached hydrogens (tertiary/aromatic N) is 2. The molecule has 0 aromatic heterocycles. The molecule has 0 atom stereocenters. The van der Waals surface area contributed by atoms with Crippen LogP contribution in [0, 0.1) is 23.3 Å². The van der Waals surface area contributed by atoms with E-state index < -0.39 is 55.5 Å². The second-order valence-corrected chi connectivity index (χ2v) is 17.2. The van der Waals surface area contributed by atoms with E-state index in [0.717, 1.165) is 56.1 Å². The maximum Gasteiger partial charge on any atom is 0.326 e. The van der Waals surface area contributed by atoms with Crippen LogP contribution in [0.15, 0.2) is 133 Å². The Morgan fingerprint density at radius 3 is 1.23 bits per heavy atom. The molecule has 0 radical (unpaired) electrons. The number of benzene rings is 6. The summed E-state index contributed by atoms with van der Waals surface area (Å²) in [5, 5.41) is 0. The Morgan fingerprint density at radius 1 is 0.484 bits per heavy atom. The molecule has 2 fully saturated rings. The largest absolute Gasteiger partial charge is 0.487 e. The number of carbonyl (C=O) groups is 2. The first kappa shape index (κ1) is 43.2. The summed E-state index contributed by atoms with van der Waals surface area (Å²) in [6.07, 6.45) is 0.158. The minimum atomic E-state index is -4.03. The van der Waals surface area contributed by atoms with E-state index in [9.17, 15) is 44.0 Å². The predicted octanol–water partition coefficient (Wildman–Crippen LogP) is 6.63. The van der Waals surface area contributed by atoms with Gasteiger partial charge in [-0.05, 0) is 94.0 Å². The van der Waals surface area contributed by atoms with Crippen LogP contribution in [0.3, 0.4) is 0 Å². The Bertz CT molecular complexity index is 2660. The van der Waals surface area contributed by atoms with E-state index >= 15 is 0 Å². The summed E-state index contributed by atoms with van der Waals surface area (Å²) in [5.74, 6) is -3.10. The molecule has 2 N–H and O–H groups in total. The monoisotopic (exact) mass is 888 g/mol. The minimum Gasteiger partial charge on any atom is -0.487 e. The Morgan fingerprint density at radius 2 is 0.871 bits per heavy atom. The molecule has 0 aliphatic carbocycles. The van der Waals surface area contributed by atoms with Gasteiger partial charge in [0.05, 0.1) is 11.4 Å². The fourth-order valence-corrected chi connectivity index (χ4v) is 8.89. The zero-order valence-electron chi connectivity index (χ0n) is 32.4. The van der Waals surface area contributed by atoms with Crippen molar-refractivity contribution >= 4 is 43.6 Å². The summed E-state index contributed by atoms with van der Waals surface area (Å²) < 4.78 is 122. The lowest BCUT2D eigenvalue weighted by atomic mass is 10.0. The summed E-state index contributed by atoms with van der Waals surface area (Å²) >= 11 is 0. The van der Waals surface area contributed by atoms with Gasteiger partial charge in [-0.15, -0.1) is 0 Å². The van der Waals surface area contributed by atoms with Crippen molar-refractivity contribution in [3.63, 3.8) is 0 Å². The lowest BCUT2D eigenvalue weighted by Crippen LogP contribution is -2.29. The number of ether oxygens (including phenoxy) is 2. The molecule has 62 heavy (non-hydrogen) atoms. The van der Waals surface area contributed by atoms with E-state index in [1.54, 1.807) is 24.3 Å². The van der Waals surface area contributed by atoms with E-state index in [1.165, 1.54) is 12.1 Å². The van der Waals surface area contributed by atoms with Gasteiger partial charge in [0, 0.05) is 12.8 Å². The Hall–Kier alpha value is -6.92. The van der Waals surface area contributed by atoms with E-state index in [0.29, 0.717) is 11.1 Å². The molecule has 12 nitrogen and oxygen atoms in total. The van der Waals surface area contributed by atoms with Crippen LogP contribution in [0.2, 0.25) is 0 Å². The number of nitrogens with one attached hydrogen (secondary N) is 2. The predicted molar refractivity (Wildman–Crippen MR) is 222 cm³/mol. The molecule has 6 aromatic rings. The third-order valence-corrected chi connectivity index (χ3v) is 12.3. The summed E-state index contributed by atoms with van der Waals surface area (Å²) in [6.45, 7) is -0.439. The maximum absolute atomic E-state index is 14.1. The third kappa shape index (κ3) is 10.5. The molecular weight excluding hydrogens is 853 g/mol. The fourth-order valence-electron chi connectivity index (χ4n) is 6.57. The third-order valence-electron chi connectivity index (χ3n) is 9.51. The lowest BCUT2D eigenvalue weighted by molar-refractivity contribution is -0.118. The quantitative estimate of drug-likeness (QED) is 0.130. The van der Waals surface area contributed by atoms with Crippen LogP contribution in [0.25, 0.3) is 0 Å². The van der Waals surface area contributed by atoms with Crippen molar-refractivity contribution < 1.29 is 53.5 Å². The highest BCUT2D eigenvalue weighted by atomic mass is 32.2. The Balaban J connectivity index is 0.000000186. The molecule has 2 aliphatic rings. The van der Waals surface area contributed by atoms with Crippen molar-refractivity contribution in [1.29, 1.82) is 0 Å². The first-order chi connectivity index (χ1) is 29.6. The average molecular weight is 889 g/mol. The minimum absolute atomic E-state index is 0.0789. The van der Waals surface area contributed by atoms with Crippen LogP contribution < -0.4 is 27.5 Å². The highest BCUT2D eigenvalue weighted by molar-refractivity contribution is 7.92. The van der Waals surface area contributed by atoms with Gasteiger partial charge in [-0.25, -0.2) is 35.6 Å². The molecule has 6 aromatic carbocycles. The molecule has 2 heterocycles. The van der Waals surface area contributed by atoms with Gasteiger partial charge in [0.15, 0.2) is 0 Å². The van der Waals surface area contributed by atoms with Crippen molar-refractivity contribution in [1.82, 2.24) is 9.44 Å². The topological polar surface area (TPSA) is 151 Å². The molecular formula is C44H36F4N4O8S2. The van der Waals surface area contributed by atoms with Gasteiger partial charge >= 0.3 is 20.4 Å². The molecule has 320 valence electrons. The standard InChI is InChI=1S/2C22H18F2N2O4S/c2*23-18-7-8-19(24)17(12-18)10-16-6-9-20(26-13-22(27)25-31(26,28)29)21(11-16)30-14-15-4-2-1-3-5-15/h2*1-9,11-12H,10,13-14H2,(H,25,27). The van der Waals surface area contributed by atoms with Crippen molar-refractivity contribution in [2.75, 3.05) is 21.7 Å². The number of hydrogen-bond acceptors (Lipinski definition) is 8. The number of rotatable bonds is 12. The second-order valence-electron chi connectivity index (χ2n) is 14.1. The fraction of sp³-hybridized carbons (Fsp3) is 0.136. The molecule has 2 saturated heterocycles. The SMILES string of the molecule is O=C1CN(c2ccc(Cc3cc(F)ccc3F)cc2OCc2ccccc2)S(=O)(=O)N1.O=C1CN(c2ccc(Cc3cc(F)ccc3F)cc2OCc2ccccc2)S(=O)(=O)N1. The van der Waals surface area contributed by atoms with Gasteiger partial charge in [0.2, 0.25) is 0 Å². The van der Waals surface area contributed by atoms with E-state index in [4.69, 9.17) is 9.47 Å². The van der Waals surface area contributed by atoms with Crippen LogP contribution in [0.1, 0.15) is 33.4 Å². The summed E-state index contributed by atoms with van der Waals surface area (Å²) in [4.78, 5) is 23.3. The van der Waals surface area contributed by atoms with Gasteiger partial charge in [-0.1, -0.05) is 72.8 Å². The van der Waals surface area contributed by atoms with Crippen molar-refractivity contribution in [2.45, 2.75) is 26.1 Å². The Labute approximate surface area is 354 Å². The highest BCUT2D eigenvalue weighted by Gasteiger charge is 2.37.